The number of aliphatic imine (C=N–C) groups is 1. The molecule has 0 fully saturated rings. The zero-order valence-electron chi connectivity index (χ0n) is 13.8. The Hall–Kier alpha value is -2.81. The maximum Gasteiger partial charge on any atom is 0.110 e. The zero-order valence-corrected chi connectivity index (χ0v) is 13.8. The van der Waals surface area contributed by atoms with Gasteiger partial charge in [-0.1, -0.05) is 36.9 Å². The van der Waals surface area contributed by atoms with Gasteiger partial charge in [0.1, 0.15) is 5.82 Å². The third kappa shape index (κ3) is 2.55. The first-order chi connectivity index (χ1) is 11.2. The van der Waals surface area contributed by atoms with E-state index in [0.29, 0.717) is 0 Å². The summed E-state index contributed by atoms with van der Waals surface area (Å²) in [6.45, 7) is 6.23. The average molecular weight is 303 g/mol. The van der Waals surface area contributed by atoms with Crippen molar-refractivity contribution in [1.82, 2.24) is 0 Å². The molecule has 0 saturated carbocycles. The molecule has 3 rings (SSSR count). The Morgan fingerprint density at radius 3 is 2.30 bits per heavy atom. The molecule has 0 bridgehead atoms. The molecule has 1 aliphatic heterocycles. The van der Waals surface area contributed by atoms with Crippen molar-refractivity contribution in [3.8, 4) is 0 Å². The second-order valence-electron chi connectivity index (χ2n) is 5.46. The summed E-state index contributed by atoms with van der Waals surface area (Å²) < 4.78 is 0. The molecule has 23 heavy (non-hydrogen) atoms. The fourth-order valence-electron chi connectivity index (χ4n) is 2.89. The van der Waals surface area contributed by atoms with Gasteiger partial charge in [0.2, 0.25) is 0 Å². The van der Waals surface area contributed by atoms with Crippen molar-refractivity contribution < 1.29 is 0 Å². The van der Waals surface area contributed by atoms with Crippen LogP contribution in [0.4, 0.5) is 17.1 Å². The van der Waals surface area contributed by atoms with E-state index in [-0.39, 0.29) is 0 Å². The Bertz CT molecular complexity index is 785. The highest BCUT2D eigenvalue weighted by molar-refractivity contribution is 6.08. The predicted octanol–water partition coefficient (Wildman–Crippen LogP) is 4.74. The van der Waals surface area contributed by atoms with E-state index >= 15 is 0 Å². The minimum Gasteiger partial charge on any atom is -0.329 e. The molecule has 3 nitrogen and oxygen atoms in total. The molecule has 2 aromatic carbocycles. The molecule has 1 aliphatic rings. The highest BCUT2D eigenvalue weighted by Gasteiger charge is 2.27. The fourth-order valence-corrected chi connectivity index (χ4v) is 2.89. The van der Waals surface area contributed by atoms with Gasteiger partial charge < -0.3 is 4.90 Å². The summed E-state index contributed by atoms with van der Waals surface area (Å²) in [5.74, 6) is 0.955. The second kappa shape index (κ2) is 6.13. The number of fused-ring (bicyclic) bond motifs is 1. The van der Waals surface area contributed by atoms with E-state index < -0.39 is 0 Å². The van der Waals surface area contributed by atoms with Gasteiger partial charge in [-0.15, -0.1) is 0 Å². The summed E-state index contributed by atoms with van der Waals surface area (Å²) >= 11 is 0. The molecule has 0 aliphatic carbocycles. The van der Waals surface area contributed by atoms with Gasteiger partial charge in [-0.3, -0.25) is 9.89 Å². The van der Waals surface area contributed by atoms with Gasteiger partial charge in [-0.2, -0.15) is 0 Å². The van der Waals surface area contributed by atoms with Crippen LogP contribution in [0.15, 0.2) is 78.1 Å². The first-order valence-corrected chi connectivity index (χ1v) is 7.69. The topological polar surface area (TPSA) is 18.8 Å². The minimum absolute atomic E-state index is 0.955. The molecular weight excluding hydrogens is 282 g/mol. The van der Waals surface area contributed by atoms with Crippen molar-refractivity contribution >= 4 is 22.8 Å². The number of anilines is 3. The maximum absolute atomic E-state index is 4.33. The van der Waals surface area contributed by atoms with Gasteiger partial charge in [-0.25, -0.2) is 0 Å². The molecule has 0 atom stereocenters. The predicted molar refractivity (Wildman–Crippen MR) is 99.8 cm³/mol. The van der Waals surface area contributed by atoms with Crippen LogP contribution in [0.5, 0.6) is 0 Å². The smallest absolute Gasteiger partial charge is 0.110 e. The quantitative estimate of drug-likeness (QED) is 0.763. The molecule has 1 heterocycles. The van der Waals surface area contributed by atoms with Crippen LogP contribution in [-0.4, -0.2) is 19.8 Å². The van der Waals surface area contributed by atoms with Gasteiger partial charge in [0, 0.05) is 19.8 Å². The van der Waals surface area contributed by atoms with E-state index in [2.05, 4.69) is 69.9 Å². The van der Waals surface area contributed by atoms with Crippen LogP contribution in [0.1, 0.15) is 12.5 Å². The molecule has 0 radical (unpaired) electrons. The maximum atomic E-state index is 4.33. The number of rotatable bonds is 3. The van der Waals surface area contributed by atoms with Crippen molar-refractivity contribution in [3.63, 3.8) is 0 Å². The normalized spacial score (nSPS) is 14.7. The number of hydrogen-bond donors (Lipinski definition) is 0. The Balaban J connectivity index is 1.99. The molecule has 0 saturated heterocycles. The average Bonchev–Trinajstić information content (AvgIpc) is 2.85. The lowest BCUT2D eigenvalue weighted by molar-refractivity contribution is 1.09. The van der Waals surface area contributed by atoms with Crippen LogP contribution < -0.4 is 9.80 Å². The third-order valence-electron chi connectivity index (χ3n) is 4.12. The lowest BCUT2D eigenvalue weighted by Crippen LogP contribution is -2.20. The van der Waals surface area contributed by atoms with E-state index in [1.807, 2.05) is 33.2 Å². The van der Waals surface area contributed by atoms with Gasteiger partial charge in [0.15, 0.2) is 0 Å². The fraction of sp³-hybridized carbons (Fsp3) is 0.150. The monoisotopic (exact) mass is 303 g/mol. The molecule has 0 aromatic heterocycles. The molecule has 0 unspecified atom stereocenters. The number of nitrogens with zero attached hydrogens (tertiary/aromatic N) is 3. The Labute approximate surface area is 137 Å². The van der Waals surface area contributed by atoms with E-state index in [9.17, 15) is 0 Å². The standard InChI is InChI=1S/C20H21N3/c1-5-8-18(21-3)16-11-13-17(14-12-16)23-15(2)22(4)19-9-6-7-10-20(19)23/h5-14H,2H2,1,3-4H3/b8-5-,21-18+. The van der Waals surface area contributed by atoms with Crippen LogP contribution >= 0.6 is 0 Å². The van der Waals surface area contributed by atoms with Crippen molar-refractivity contribution in [2.24, 2.45) is 4.99 Å². The first-order valence-electron chi connectivity index (χ1n) is 7.69. The van der Waals surface area contributed by atoms with E-state index in [0.717, 1.165) is 28.5 Å². The highest BCUT2D eigenvalue weighted by Crippen LogP contribution is 2.44. The van der Waals surface area contributed by atoms with Gasteiger partial charge in [-0.05, 0) is 42.8 Å². The molecule has 3 heteroatoms. The van der Waals surface area contributed by atoms with Crippen molar-refractivity contribution in [1.29, 1.82) is 0 Å². The summed E-state index contributed by atoms with van der Waals surface area (Å²) in [4.78, 5) is 8.62. The second-order valence-corrected chi connectivity index (χ2v) is 5.46. The van der Waals surface area contributed by atoms with Crippen molar-refractivity contribution in [2.75, 3.05) is 23.9 Å². The summed E-state index contributed by atoms with van der Waals surface area (Å²) in [7, 11) is 3.86. The summed E-state index contributed by atoms with van der Waals surface area (Å²) in [6, 6.07) is 16.8. The van der Waals surface area contributed by atoms with Gasteiger partial charge in [0.05, 0.1) is 17.1 Å². The van der Waals surface area contributed by atoms with Crippen LogP contribution in [0.3, 0.4) is 0 Å². The summed E-state index contributed by atoms with van der Waals surface area (Å²) in [5.41, 5.74) is 5.53. The van der Waals surface area contributed by atoms with Gasteiger partial charge >= 0.3 is 0 Å². The summed E-state index contributed by atoms with van der Waals surface area (Å²) in [5, 5.41) is 0. The highest BCUT2D eigenvalue weighted by atomic mass is 15.4. The van der Waals surface area contributed by atoms with Crippen LogP contribution in [0, 0.1) is 0 Å². The number of para-hydroxylation sites is 2. The molecule has 0 amide bonds. The van der Waals surface area contributed by atoms with Crippen LogP contribution in [0.2, 0.25) is 0 Å². The first kappa shape index (κ1) is 15.1. The third-order valence-corrected chi connectivity index (χ3v) is 4.12. The van der Waals surface area contributed by atoms with Crippen molar-refractivity contribution in [2.45, 2.75) is 6.92 Å². The number of allylic oxidation sites excluding steroid dienone is 2. The van der Waals surface area contributed by atoms with E-state index in [1.54, 1.807) is 0 Å². The molecule has 0 N–H and O–H groups in total. The summed E-state index contributed by atoms with van der Waals surface area (Å²) in [6.07, 6.45) is 4.02. The molecule has 2 aromatic rings. The molecular formula is C20H21N3. The zero-order chi connectivity index (χ0) is 16.4. The lowest BCUT2D eigenvalue weighted by Gasteiger charge is -2.22. The van der Waals surface area contributed by atoms with Crippen molar-refractivity contribution in [3.05, 3.63) is 78.6 Å². The lowest BCUT2D eigenvalue weighted by atomic mass is 10.1. The number of benzene rings is 2. The van der Waals surface area contributed by atoms with Crippen LogP contribution in [-0.2, 0) is 0 Å². The molecule has 0 spiro atoms. The minimum atomic E-state index is 0.955. The van der Waals surface area contributed by atoms with Gasteiger partial charge in [0.25, 0.3) is 0 Å². The van der Waals surface area contributed by atoms with E-state index in [4.69, 9.17) is 0 Å². The SMILES string of the molecule is C=C1N(C)c2ccccc2N1c1ccc(C(/C=C\C)=N/C)cc1. The Kier molecular flexibility index (Phi) is 4.02. The van der Waals surface area contributed by atoms with E-state index in [1.165, 1.54) is 5.69 Å². The largest absolute Gasteiger partial charge is 0.329 e. The van der Waals surface area contributed by atoms with Crippen LogP contribution in [0.25, 0.3) is 0 Å². The number of hydrogen-bond acceptors (Lipinski definition) is 3. The Morgan fingerprint density at radius 2 is 1.70 bits per heavy atom. The Morgan fingerprint density at radius 1 is 1.04 bits per heavy atom. The molecule has 116 valence electrons.